The van der Waals surface area contributed by atoms with Gasteiger partial charge >= 0.3 is 0 Å². The number of aryl methyl sites for hydroxylation is 2. The van der Waals surface area contributed by atoms with Gasteiger partial charge in [-0.05, 0) is 32.0 Å². The van der Waals surface area contributed by atoms with Gasteiger partial charge in [-0.1, -0.05) is 0 Å². The lowest BCUT2D eigenvalue weighted by molar-refractivity contribution is 0.805. The Bertz CT molecular complexity index is 547. The fourth-order valence-corrected chi connectivity index (χ4v) is 1.56. The van der Waals surface area contributed by atoms with Crippen LogP contribution in [0.4, 0.5) is 0 Å². The van der Waals surface area contributed by atoms with Crippen LogP contribution in [-0.2, 0) is 0 Å². The predicted octanol–water partition coefficient (Wildman–Crippen LogP) is 1.59. The maximum atomic E-state index is 7.37. The Morgan fingerprint density at radius 2 is 2.06 bits per heavy atom. The summed E-state index contributed by atoms with van der Waals surface area (Å²) in [6.07, 6.45) is 1.63. The minimum Gasteiger partial charge on any atom is -0.384 e. The highest BCUT2D eigenvalue weighted by Crippen LogP contribution is 2.10. The zero-order chi connectivity index (χ0) is 11.7. The topological polar surface area (TPSA) is 80.6 Å². The first-order valence-electron chi connectivity index (χ1n) is 4.92. The smallest absolute Gasteiger partial charge is 0.154 e. The molecule has 0 unspecified atom stereocenters. The maximum Gasteiger partial charge on any atom is 0.154 e. The van der Waals surface area contributed by atoms with Crippen LogP contribution in [0.3, 0.4) is 0 Å². The largest absolute Gasteiger partial charge is 0.384 e. The third kappa shape index (κ3) is 2.62. The molecule has 0 radical (unpaired) electrons. The van der Waals surface area contributed by atoms with Gasteiger partial charge in [0.15, 0.2) is 5.82 Å². The molecule has 2 aromatic rings. The minimum absolute atomic E-state index is 0. The maximum absolute atomic E-state index is 7.37. The highest BCUT2D eigenvalue weighted by molar-refractivity contribution is 5.95. The second kappa shape index (κ2) is 4.97. The van der Waals surface area contributed by atoms with E-state index in [2.05, 4.69) is 10.1 Å². The number of pyridine rings is 1. The van der Waals surface area contributed by atoms with E-state index in [0.29, 0.717) is 11.4 Å². The van der Waals surface area contributed by atoms with E-state index in [-0.39, 0.29) is 18.2 Å². The summed E-state index contributed by atoms with van der Waals surface area (Å²) in [7, 11) is 0. The Kier molecular flexibility index (Phi) is 3.85. The molecule has 0 saturated carbocycles. The Morgan fingerprint density at radius 1 is 1.35 bits per heavy atom. The Hall–Kier alpha value is -1.88. The van der Waals surface area contributed by atoms with Gasteiger partial charge in [0, 0.05) is 17.5 Å². The van der Waals surface area contributed by atoms with Crippen molar-refractivity contribution in [3.05, 3.63) is 41.3 Å². The van der Waals surface area contributed by atoms with Crippen molar-refractivity contribution < 1.29 is 0 Å². The van der Waals surface area contributed by atoms with E-state index in [1.54, 1.807) is 23.0 Å². The lowest BCUT2D eigenvalue weighted by Gasteiger charge is -2.04. The van der Waals surface area contributed by atoms with Gasteiger partial charge in [0.2, 0.25) is 0 Å². The van der Waals surface area contributed by atoms with Gasteiger partial charge in [0.25, 0.3) is 0 Å². The molecule has 6 heteroatoms. The van der Waals surface area contributed by atoms with Crippen LogP contribution in [-0.4, -0.2) is 20.6 Å². The van der Waals surface area contributed by atoms with Crippen LogP contribution in [0.2, 0.25) is 0 Å². The van der Waals surface area contributed by atoms with Gasteiger partial charge in [-0.25, -0.2) is 9.67 Å². The Balaban J connectivity index is 0.00000144. The van der Waals surface area contributed by atoms with Gasteiger partial charge < -0.3 is 5.73 Å². The van der Waals surface area contributed by atoms with Crippen LogP contribution >= 0.6 is 12.4 Å². The molecule has 0 spiro atoms. The van der Waals surface area contributed by atoms with Crippen LogP contribution in [0.15, 0.2) is 24.4 Å². The molecule has 0 aromatic carbocycles. The number of amidine groups is 1. The van der Waals surface area contributed by atoms with Gasteiger partial charge in [-0.2, -0.15) is 5.10 Å². The van der Waals surface area contributed by atoms with E-state index >= 15 is 0 Å². The normalized spacial score (nSPS) is 9.76. The van der Waals surface area contributed by atoms with Crippen molar-refractivity contribution in [3.63, 3.8) is 0 Å². The van der Waals surface area contributed by atoms with E-state index in [1.165, 1.54) is 0 Å². The molecule has 90 valence electrons. The molecule has 3 N–H and O–H groups in total. The monoisotopic (exact) mass is 251 g/mol. The van der Waals surface area contributed by atoms with E-state index in [9.17, 15) is 0 Å². The quantitative estimate of drug-likeness (QED) is 0.628. The van der Waals surface area contributed by atoms with Crippen LogP contribution in [0.5, 0.6) is 0 Å². The summed E-state index contributed by atoms with van der Waals surface area (Å²) in [4.78, 5) is 4.21. The molecule has 0 bridgehead atoms. The number of aromatic nitrogens is 3. The number of nitrogens with two attached hydrogens (primary N) is 1. The van der Waals surface area contributed by atoms with Crippen molar-refractivity contribution in [1.29, 1.82) is 5.41 Å². The molecule has 0 amide bonds. The average Bonchev–Trinajstić information content (AvgIpc) is 2.58. The number of nitrogens with one attached hydrogen (secondary N) is 1. The van der Waals surface area contributed by atoms with E-state index in [4.69, 9.17) is 11.1 Å². The molecular weight excluding hydrogens is 238 g/mol. The van der Waals surface area contributed by atoms with Crippen molar-refractivity contribution in [3.8, 4) is 5.82 Å². The van der Waals surface area contributed by atoms with Gasteiger partial charge in [-0.15, -0.1) is 12.4 Å². The zero-order valence-electron chi connectivity index (χ0n) is 9.64. The summed E-state index contributed by atoms with van der Waals surface area (Å²) >= 11 is 0. The van der Waals surface area contributed by atoms with Gasteiger partial charge in [0.1, 0.15) is 5.84 Å². The van der Waals surface area contributed by atoms with Crippen LogP contribution in [0.1, 0.15) is 17.0 Å². The second-order valence-corrected chi connectivity index (χ2v) is 3.66. The molecule has 2 aromatic heterocycles. The van der Waals surface area contributed by atoms with Crippen molar-refractivity contribution in [2.24, 2.45) is 5.73 Å². The lowest BCUT2D eigenvalue weighted by Crippen LogP contribution is -2.12. The van der Waals surface area contributed by atoms with E-state index in [1.807, 2.05) is 19.9 Å². The standard InChI is InChI=1S/C11H13N5.ClH/c1-7-5-8(2)16(15-7)10-6-9(11(12)13)3-4-14-10;/h3-6H,1-2H3,(H3,12,13);1H. The van der Waals surface area contributed by atoms with Crippen molar-refractivity contribution in [2.75, 3.05) is 0 Å². The first kappa shape index (κ1) is 13.2. The summed E-state index contributed by atoms with van der Waals surface area (Å²) in [5.74, 6) is 0.712. The highest BCUT2D eigenvalue weighted by Gasteiger charge is 2.06. The van der Waals surface area contributed by atoms with E-state index in [0.717, 1.165) is 11.4 Å². The van der Waals surface area contributed by atoms with Gasteiger partial charge in [-0.3, -0.25) is 5.41 Å². The molecule has 0 saturated heterocycles. The first-order chi connectivity index (χ1) is 7.58. The molecular formula is C11H14ClN5. The highest BCUT2D eigenvalue weighted by atomic mass is 35.5. The summed E-state index contributed by atoms with van der Waals surface area (Å²) < 4.78 is 1.74. The van der Waals surface area contributed by atoms with Crippen LogP contribution in [0, 0.1) is 19.3 Å². The van der Waals surface area contributed by atoms with Crippen molar-refractivity contribution >= 4 is 18.2 Å². The molecule has 0 atom stereocenters. The van der Waals surface area contributed by atoms with Gasteiger partial charge in [0.05, 0.1) is 5.69 Å². The van der Waals surface area contributed by atoms with E-state index < -0.39 is 0 Å². The lowest BCUT2D eigenvalue weighted by atomic mass is 10.2. The number of hydrogen-bond acceptors (Lipinski definition) is 3. The second-order valence-electron chi connectivity index (χ2n) is 3.66. The number of hydrogen-bond donors (Lipinski definition) is 2. The predicted molar refractivity (Wildman–Crippen MR) is 69.1 cm³/mol. The summed E-state index contributed by atoms with van der Waals surface area (Å²) in [6.45, 7) is 3.89. The molecule has 0 fully saturated rings. The third-order valence-corrected chi connectivity index (χ3v) is 2.28. The summed E-state index contributed by atoms with van der Waals surface area (Å²) in [5, 5.41) is 11.7. The molecule has 17 heavy (non-hydrogen) atoms. The van der Waals surface area contributed by atoms with Crippen LogP contribution < -0.4 is 5.73 Å². The third-order valence-electron chi connectivity index (χ3n) is 2.28. The number of nitrogens with zero attached hydrogens (tertiary/aromatic N) is 3. The van der Waals surface area contributed by atoms with Crippen molar-refractivity contribution in [2.45, 2.75) is 13.8 Å². The molecule has 2 rings (SSSR count). The minimum atomic E-state index is 0. The summed E-state index contributed by atoms with van der Waals surface area (Å²) in [6, 6.07) is 5.43. The first-order valence-corrected chi connectivity index (χ1v) is 4.92. The Morgan fingerprint density at radius 3 is 2.59 bits per heavy atom. The van der Waals surface area contributed by atoms with Crippen molar-refractivity contribution in [1.82, 2.24) is 14.8 Å². The molecule has 0 aliphatic rings. The number of nitrogen functional groups attached to an aromatic ring is 1. The fourth-order valence-electron chi connectivity index (χ4n) is 1.56. The van der Waals surface area contributed by atoms with Crippen LogP contribution in [0.25, 0.3) is 5.82 Å². The fraction of sp³-hybridized carbons (Fsp3) is 0.182. The summed E-state index contributed by atoms with van der Waals surface area (Å²) in [5.41, 5.74) is 8.02. The molecule has 0 aliphatic carbocycles. The SMILES string of the molecule is Cc1cc(C)n(-c2cc(C(=N)N)ccn2)n1.Cl. The number of halogens is 1. The molecule has 0 aliphatic heterocycles. The zero-order valence-corrected chi connectivity index (χ0v) is 10.5. The molecule has 2 heterocycles. The molecule has 5 nitrogen and oxygen atoms in total. The number of rotatable bonds is 2. The average molecular weight is 252 g/mol. The Labute approximate surface area is 106 Å².